The van der Waals surface area contributed by atoms with Crippen molar-refractivity contribution in [1.29, 1.82) is 0 Å². The Bertz CT molecular complexity index is 962. The van der Waals surface area contributed by atoms with E-state index in [1.807, 2.05) is 66.7 Å². The highest BCUT2D eigenvalue weighted by atomic mass is 16.5. The summed E-state index contributed by atoms with van der Waals surface area (Å²) in [6.07, 6.45) is 5.67. The van der Waals surface area contributed by atoms with Crippen molar-refractivity contribution in [2.75, 3.05) is 7.11 Å². The van der Waals surface area contributed by atoms with E-state index < -0.39 is 12.0 Å². The second-order valence-corrected chi connectivity index (χ2v) is 5.97. The number of amides is 1. The number of carbonyl (C=O) groups excluding carboxylic acids is 2. The Balaban J connectivity index is 1.76. The maximum Gasteiger partial charge on any atom is 0.328 e. The fourth-order valence-corrected chi connectivity index (χ4v) is 2.79. The zero-order valence-electron chi connectivity index (χ0n) is 15.0. The first kappa shape index (κ1) is 18.3. The van der Waals surface area contributed by atoms with Crippen molar-refractivity contribution >= 4 is 28.9 Å². The van der Waals surface area contributed by atoms with Crippen LogP contribution in [0.15, 0.2) is 72.9 Å². The van der Waals surface area contributed by atoms with E-state index in [9.17, 15) is 9.59 Å². The number of esters is 1. The minimum Gasteiger partial charge on any atom is -0.467 e. The lowest BCUT2D eigenvalue weighted by Crippen LogP contribution is -2.41. The number of fused-ring (bicyclic) bond motifs is 1. The van der Waals surface area contributed by atoms with E-state index in [4.69, 9.17) is 4.74 Å². The number of ether oxygens (including phenoxy) is 1. The van der Waals surface area contributed by atoms with Gasteiger partial charge in [-0.1, -0.05) is 60.7 Å². The Labute approximate surface area is 157 Å². The summed E-state index contributed by atoms with van der Waals surface area (Å²) in [5.41, 5.74) is 2.22. The van der Waals surface area contributed by atoms with Crippen LogP contribution in [0.3, 0.4) is 0 Å². The topological polar surface area (TPSA) is 68.3 Å². The largest absolute Gasteiger partial charge is 0.467 e. The summed E-state index contributed by atoms with van der Waals surface area (Å²) in [4.78, 5) is 29.1. The van der Waals surface area contributed by atoms with Crippen molar-refractivity contribution < 1.29 is 14.3 Å². The van der Waals surface area contributed by atoms with E-state index in [0.717, 1.165) is 16.5 Å². The molecule has 0 unspecified atom stereocenters. The molecule has 1 amide bonds. The van der Waals surface area contributed by atoms with Crippen LogP contribution in [0.4, 0.5) is 0 Å². The normalized spacial score (nSPS) is 12.0. The molecule has 0 aliphatic carbocycles. The Hall–Kier alpha value is -3.47. The molecule has 0 fully saturated rings. The lowest BCUT2D eigenvalue weighted by atomic mass is 10.1. The Morgan fingerprint density at radius 1 is 1.07 bits per heavy atom. The molecule has 27 heavy (non-hydrogen) atoms. The molecular weight excluding hydrogens is 340 g/mol. The van der Waals surface area contributed by atoms with Crippen LogP contribution in [-0.4, -0.2) is 30.0 Å². The Kier molecular flexibility index (Phi) is 5.94. The van der Waals surface area contributed by atoms with Gasteiger partial charge in [0.1, 0.15) is 6.04 Å². The number of pyridine rings is 1. The molecule has 3 rings (SSSR count). The van der Waals surface area contributed by atoms with E-state index in [2.05, 4.69) is 10.3 Å². The molecule has 5 heteroatoms. The summed E-state index contributed by atoms with van der Waals surface area (Å²) in [6.45, 7) is 0. The van der Waals surface area contributed by atoms with Crippen LogP contribution in [0.5, 0.6) is 0 Å². The molecular formula is C22H20N2O3. The molecule has 0 bridgehead atoms. The van der Waals surface area contributed by atoms with E-state index in [1.165, 1.54) is 7.11 Å². The molecule has 2 aromatic carbocycles. The summed E-state index contributed by atoms with van der Waals surface area (Å²) >= 11 is 0. The molecule has 1 heterocycles. The van der Waals surface area contributed by atoms with Crippen molar-refractivity contribution in [3.05, 3.63) is 84.1 Å². The van der Waals surface area contributed by atoms with Gasteiger partial charge in [-0.25, -0.2) is 4.79 Å². The second kappa shape index (κ2) is 8.76. The fourth-order valence-electron chi connectivity index (χ4n) is 2.79. The molecule has 1 N–H and O–H groups in total. The van der Waals surface area contributed by atoms with Gasteiger partial charge in [0, 0.05) is 11.6 Å². The van der Waals surface area contributed by atoms with Gasteiger partial charge in [-0.3, -0.25) is 9.78 Å². The minimum atomic E-state index is -0.769. The van der Waals surface area contributed by atoms with Gasteiger partial charge in [-0.05, 0) is 24.1 Å². The van der Waals surface area contributed by atoms with E-state index in [-0.39, 0.29) is 5.91 Å². The molecule has 0 radical (unpaired) electrons. The molecule has 0 saturated heterocycles. The molecule has 1 atom stereocenters. The maximum atomic E-state index is 12.8. The molecule has 1 aromatic heterocycles. The Morgan fingerprint density at radius 2 is 1.81 bits per heavy atom. The molecule has 0 saturated carbocycles. The summed E-state index contributed by atoms with van der Waals surface area (Å²) in [6, 6.07) is 18.0. The molecule has 0 aliphatic rings. The zero-order chi connectivity index (χ0) is 19.1. The van der Waals surface area contributed by atoms with Gasteiger partial charge in [-0.2, -0.15) is 0 Å². The number of benzene rings is 2. The summed E-state index contributed by atoms with van der Waals surface area (Å²) < 4.78 is 4.84. The number of nitrogens with one attached hydrogen (secondary N) is 1. The summed E-state index contributed by atoms with van der Waals surface area (Å²) in [7, 11) is 1.31. The van der Waals surface area contributed by atoms with Crippen LogP contribution >= 0.6 is 0 Å². The van der Waals surface area contributed by atoms with Crippen molar-refractivity contribution in [1.82, 2.24) is 10.3 Å². The van der Waals surface area contributed by atoms with Gasteiger partial charge in [0.25, 0.3) is 5.91 Å². The highest BCUT2D eigenvalue weighted by Gasteiger charge is 2.22. The number of rotatable bonds is 6. The van der Waals surface area contributed by atoms with Gasteiger partial charge < -0.3 is 10.1 Å². The van der Waals surface area contributed by atoms with Crippen molar-refractivity contribution in [3.8, 4) is 0 Å². The van der Waals surface area contributed by atoms with Crippen molar-refractivity contribution in [2.45, 2.75) is 12.5 Å². The third kappa shape index (κ3) is 4.58. The number of aromatic nitrogens is 1. The number of carbonyl (C=O) groups is 2. The van der Waals surface area contributed by atoms with Gasteiger partial charge in [-0.15, -0.1) is 0 Å². The fraction of sp³-hybridized carbons (Fsp3) is 0.136. The standard InChI is InChI=1S/C22H20N2O3/c1-27-22(26)20(13-7-10-16-8-3-2-4-9-16)24-21(25)18-14-15-23-19-12-6-5-11-17(18)19/h2-12,14-15,20H,13H2,1H3,(H,24,25)/b10-7+/t20-/m0/s1. The first-order valence-corrected chi connectivity index (χ1v) is 8.63. The average Bonchev–Trinajstić information content (AvgIpc) is 2.72. The van der Waals surface area contributed by atoms with Crippen molar-refractivity contribution in [3.63, 3.8) is 0 Å². The van der Waals surface area contributed by atoms with Gasteiger partial charge in [0.15, 0.2) is 0 Å². The van der Waals surface area contributed by atoms with Crippen LogP contribution in [0.1, 0.15) is 22.3 Å². The van der Waals surface area contributed by atoms with Crippen LogP contribution < -0.4 is 5.32 Å². The molecule has 5 nitrogen and oxygen atoms in total. The van der Waals surface area contributed by atoms with Gasteiger partial charge in [0.05, 0.1) is 18.2 Å². The van der Waals surface area contributed by atoms with Crippen LogP contribution in [0.2, 0.25) is 0 Å². The minimum absolute atomic E-state index is 0.330. The molecule has 136 valence electrons. The number of para-hydroxylation sites is 1. The van der Waals surface area contributed by atoms with Crippen molar-refractivity contribution in [2.24, 2.45) is 0 Å². The van der Waals surface area contributed by atoms with Gasteiger partial charge >= 0.3 is 5.97 Å². The molecule has 3 aromatic rings. The third-order valence-corrected chi connectivity index (χ3v) is 4.17. The highest BCUT2D eigenvalue weighted by Crippen LogP contribution is 2.16. The summed E-state index contributed by atoms with van der Waals surface area (Å²) in [5.74, 6) is -0.823. The number of hydrogen-bond acceptors (Lipinski definition) is 4. The average molecular weight is 360 g/mol. The third-order valence-electron chi connectivity index (χ3n) is 4.17. The quantitative estimate of drug-likeness (QED) is 0.682. The van der Waals surface area contributed by atoms with E-state index in [0.29, 0.717) is 12.0 Å². The molecule has 0 spiro atoms. The van der Waals surface area contributed by atoms with Gasteiger partial charge in [0.2, 0.25) is 0 Å². The SMILES string of the molecule is COC(=O)[C@H](C/C=C/c1ccccc1)NC(=O)c1ccnc2ccccc12. The second-order valence-electron chi connectivity index (χ2n) is 5.97. The first-order chi connectivity index (χ1) is 13.2. The monoisotopic (exact) mass is 360 g/mol. The van der Waals surface area contributed by atoms with Crippen LogP contribution in [0.25, 0.3) is 17.0 Å². The lowest BCUT2D eigenvalue weighted by Gasteiger charge is -2.15. The highest BCUT2D eigenvalue weighted by molar-refractivity contribution is 6.07. The molecule has 0 aliphatic heterocycles. The lowest BCUT2D eigenvalue weighted by molar-refractivity contribution is -0.142. The predicted molar refractivity (Wildman–Crippen MR) is 105 cm³/mol. The van der Waals surface area contributed by atoms with E-state index >= 15 is 0 Å². The summed E-state index contributed by atoms with van der Waals surface area (Å²) in [5, 5.41) is 3.51. The first-order valence-electron chi connectivity index (χ1n) is 8.63. The van der Waals surface area contributed by atoms with Crippen LogP contribution in [0, 0.1) is 0 Å². The maximum absolute atomic E-state index is 12.8. The zero-order valence-corrected chi connectivity index (χ0v) is 15.0. The smallest absolute Gasteiger partial charge is 0.328 e. The van der Waals surface area contributed by atoms with E-state index in [1.54, 1.807) is 12.3 Å². The Morgan fingerprint density at radius 3 is 2.59 bits per heavy atom. The number of nitrogens with zero attached hydrogens (tertiary/aromatic N) is 1. The predicted octanol–water partition coefficient (Wildman–Crippen LogP) is 3.61. The number of methoxy groups -OCH3 is 1. The van der Waals surface area contributed by atoms with Crippen LogP contribution in [-0.2, 0) is 9.53 Å². The number of hydrogen-bond donors (Lipinski definition) is 1.